The molecule has 3 N–H and O–H groups in total. The number of carboxylic acids is 1. The van der Waals surface area contributed by atoms with E-state index < -0.39 is 12.0 Å². The molecule has 7 aliphatic rings. The first-order chi connectivity index (χ1) is 65.1. The van der Waals surface area contributed by atoms with E-state index in [1.807, 2.05) is 126 Å². The fraction of sp³-hybridized carbons (Fsp3) is 0.577. The molecule has 2 amide bonds. The number of rotatable bonds is 24. The summed E-state index contributed by atoms with van der Waals surface area (Å²) in [6, 6.07) is 62.6. The number of piperidine rings is 5. The van der Waals surface area contributed by atoms with Gasteiger partial charge in [-0.2, -0.15) is 9.59 Å². The Morgan fingerprint density at radius 1 is 0.412 bits per heavy atom. The fourth-order valence-corrected chi connectivity index (χ4v) is 15.8. The molecular weight excluding hydrogens is 2850 g/mol. The summed E-state index contributed by atoms with van der Waals surface area (Å²) >= 11 is 17.0. The zero-order valence-corrected chi connectivity index (χ0v) is 105. The molecule has 13 rings (SSSR count). The van der Waals surface area contributed by atoms with E-state index in [0.29, 0.717) is 56.8 Å². The van der Waals surface area contributed by atoms with Crippen molar-refractivity contribution >= 4 is 210 Å². The van der Waals surface area contributed by atoms with Gasteiger partial charge in [0.25, 0.3) is 0 Å². The minimum absolute atomic E-state index is 0. The number of carbonyl (C=O) groups is 7. The summed E-state index contributed by atoms with van der Waals surface area (Å²) in [5, 5.41) is 16.2. The molecular formula is C104H166I10N9O13-. The molecule has 0 saturated carbocycles. The number of esters is 3. The van der Waals surface area contributed by atoms with Gasteiger partial charge in [-0.15, -0.1) is 24.0 Å². The van der Waals surface area contributed by atoms with Crippen LogP contribution in [0.15, 0.2) is 182 Å². The van der Waals surface area contributed by atoms with Crippen LogP contribution in [-0.2, 0) is 96.5 Å². The minimum atomic E-state index is -0.863. The van der Waals surface area contributed by atoms with Crippen LogP contribution in [0, 0.1) is 0 Å². The first kappa shape index (κ1) is 143. The van der Waals surface area contributed by atoms with Gasteiger partial charge in [-0.3, -0.25) is 48.5 Å². The molecule has 0 unspecified atom stereocenters. The van der Waals surface area contributed by atoms with Crippen molar-refractivity contribution in [2.24, 2.45) is 0 Å². The van der Waals surface area contributed by atoms with Crippen molar-refractivity contribution < 1.29 is 75.7 Å². The molecule has 136 heavy (non-hydrogen) atoms. The number of ether oxygens (including phenoxy) is 3. The number of likely N-dealkylation sites (tertiary alicyclic amines) is 7. The third-order valence-electron chi connectivity index (χ3n) is 22.1. The number of aryl methyl sites for hydroxylation is 1. The minimum Gasteiger partial charge on any atom is -0.480 e. The van der Waals surface area contributed by atoms with E-state index >= 15 is 0 Å². The van der Waals surface area contributed by atoms with E-state index in [4.69, 9.17) is 23.8 Å². The Labute approximate surface area is 928 Å². The number of halogens is 10. The SMILES string of the molecule is C.CC.CC.CC.CC.CC.CC.CCC[C@@H](NC1CCN(Cc2ccccc2)CC1)C(=O)OC.CC[C@@H](NC1CCN(Cc2ccccc2)CC1)C(=O)OC.CCc1ccccc1.COC(=O)[C@H]1CCC(=O)N1C1CCN(Cc2ccccc2)CC1.I.II.II(I)I.I[I-]I.O=C(O)[C@H]1CCC(=O)N1C1CCN(Cc2ccccc2)CC1.O=C1CCN(Cc2ccccc2)CC1.O=C=O. The van der Waals surface area contributed by atoms with Crippen LogP contribution in [0.5, 0.6) is 0 Å². The number of hydrogen-bond donors (Lipinski definition) is 3. The number of benzene rings is 6. The molecule has 7 aliphatic heterocycles. The summed E-state index contributed by atoms with van der Waals surface area (Å²) in [6.45, 7) is 45.0. The standard InChI is InChI=1S/C18H24N2O3.C18H28N2O2.C17H22N2O3.C17H26N2O2.C12H15NO.C8H10.6C2H6.CO2.CH4.I4.I3.I2.HI/c1-23-18(22)16-7-8-17(21)20(16)15-9-11-19(12-10-15)13-14-5-3-2-4-6-14;1-3-7-17(18(21)22-2)19-16-10-12-20(13-11-16)14-15-8-5-4-6-9-15;20-16-7-6-15(17(21)22)19(16)14-8-10-18(11-9-14)12-13-4-2-1-3-5-13;1-3-16(17(20)21-2)18-15-9-11-19(12-10-15)13-14-7-5-4-6-8-14;14-12-6-8-13(9-7-12)10-11-4-2-1-3-5-11;1-2-8-6-4-3-5-7-8;6*1-2;2-1-3;;1-4(2)3;1-3-2;1-2;/h2-6,15-16H,7-13H2,1H3;4-6,8-9,16-17,19H,3,7,10-14H2,1-2H3;1-5,14-15H,6-12H2,(H,21,22);4-8,15-16,18H,3,9-13H2,1-2H3;1-5H,6-10H2;3-7H,2H2,1H3;6*1-2H3;;1H4;;;;1H/q;;;;;;;;;;;;;;;-1;;/t16-;17-;15-;16-;;;;;;;;;;;;;;/m1111............../s1. The Hall–Kier alpha value is -1.79. The van der Waals surface area contributed by atoms with E-state index in [9.17, 15) is 38.7 Å². The topological polar surface area (TPSA) is 248 Å². The van der Waals surface area contributed by atoms with E-state index in [0.717, 1.165) is 188 Å². The largest absolute Gasteiger partial charge is 0.480 e. The Kier molecular flexibility index (Phi) is 101. The second kappa shape index (κ2) is 96.7. The number of nitrogens with zero attached hydrogens (tertiary/aromatic N) is 7. The van der Waals surface area contributed by atoms with Crippen LogP contribution in [0.4, 0.5) is 0 Å². The monoisotopic (exact) mass is 3020 g/mol. The number of aliphatic carboxylic acids is 1. The number of amides is 2. The van der Waals surface area contributed by atoms with Gasteiger partial charge in [0.05, 0.1) is 21.3 Å². The predicted octanol–water partition coefficient (Wildman–Crippen LogP) is 23.3. The molecule has 6 aromatic carbocycles. The summed E-state index contributed by atoms with van der Waals surface area (Å²) in [7, 11) is 3.96. The number of carbonyl (C=O) groups excluding carboxylic acids is 8. The van der Waals surface area contributed by atoms with E-state index in [2.05, 4.69) is 325 Å². The summed E-state index contributed by atoms with van der Waals surface area (Å²) < 4.78 is 14.6. The number of nitrogens with one attached hydrogen (secondary N) is 2. The van der Waals surface area contributed by atoms with E-state index in [1.165, 1.54) is 54.7 Å². The average Bonchev–Trinajstić information content (AvgIpc) is 1.66. The molecule has 7 saturated heterocycles. The molecule has 776 valence electrons. The van der Waals surface area contributed by atoms with Crippen molar-refractivity contribution in [1.29, 1.82) is 0 Å². The average molecular weight is 3020 g/mol. The van der Waals surface area contributed by atoms with Crippen LogP contribution in [0.2, 0.25) is 0 Å². The molecule has 0 bridgehead atoms. The predicted molar refractivity (Wildman–Crippen MR) is 641 cm³/mol. The maximum absolute atomic E-state index is 12.2. The smallest absolute Gasteiger partial charge is 0.373 e. The third kappa shape index (κ3) is 64.9. The first-order valence-corrected chi connectivity index (χ1v) is 85.5. The molecule has 0 aliphatic carbocycles. The van der Waals surface area contributed by atoms with Crippen molar-refractivity contribution in [3.63, 3.8) is 0 Å². The van der Waals surface area contributed by atoms with Crippen LogP contribution in [-0.4, -0.2) is 222 Å². The van der Waals surface area contributed by atoms with E-state index in [-0.39, 0.29) is 105 Å². The Morgan fingerprint density at radius 2 is 0.654 bits per heavy atom. The van der Waals surface area contributed by atoms with Crippen LogP contribution in [0.3, 0.4) is 0 Å². The number of ketones is 1. The zero-order valence-electron chi connectivity index (χ0n) is 83.6. The molecule has 0 spiro atoms. The van der Waals surface area contributed by atoms with Crippen molar-refractivity contribution in [3.8, 4) is 0 Å². The second-order valence-electron chi connectivity index (χ2n) is 30.3. The van der Waals surface area contributed by atoms with Crippen LogP contribution < -0.4 is 23.9 Å². The van der Waals surface area contributed by atoms with Gasteiger partial charge >= 0.3 is 144 Å². The number of Topliss-reactive ketones (excluding diaryl/α,β-unsaturated/α-hetero) is 1. The van der Waals surface area contributed by atoms with Crippen molar-refractivity contribution in [1.82, 2.24) is 44.9 Å². The quantitative estimate of drug-likeness (QED) is 0.0289. The van der Waals surface area contributed by atoms with Crippen molar-refractivity contribution in [3.05, 3.63) is 215 Å². The first-order valence-electron chi connectivity index (χ1n) is 47.8. The summed E-state index contributed by atoms with van der Waals surface area (Å²) in [5.41, 5.74) is 8.09. The summed E-state index contributed by atoms with van der Waals surface area (Å²) in [4.78, 5) is 114. The van der Waals surface area contributed by atoms with Crippen LogP contribution in [0.25, 0.3) is 0 Å². The number of methoxy groups -OCH3 is 3. The maximum atomic E-state index is 12.2. The zero-order chi connectivity index (χ0) is 101. The third-order valence-corrected chi connectivity index (χ3v) is 22.1. The molecule has 22 nitrogen and oxygen atoms in total. The molecule has 7 heterocycles. The van der Waals surface area contributed by atoms with Crippen LogP contribution in [0.1, 0.15) is 254 Å². The molecule has 4 atom stereocenters. The van der Waals surface area contributed by atoms with Gasteiger partial charge in [0.1, 0.15) is 30.0 Å². The van der Waals surface area contributed by atoms with Gasteiger partial charge in [-0.25, -0.2) is 9.59 Å². The van der Waals surface area contributed by atoms with Gasteiger partial charge in [-0.1, -0.05) is 300 Å². The number of carboxylic acid groups (broad SMARTS) is 1. The van der Waals surface area contributed by atoms with Gasteiger partial charge in [0, 0.05) is 159 Å². The van der Waals surface area contributed by atoms with Gasteiger partial charge in [-0.05, 0) is 143 Å². The van der Waals surface area contributed by atoms with Gasteiger partial charge in [0.2, 0.25) is 11.8 Å². The van der Waals surface area contributed by atoms with Crippen molar-refractivity contribution in [2.45, 2.75) is 308 Å². The molecule has 7 fully saturated rings. The Morgan fingerprint density at radius 3 is 0.897 bits per heavy atom. The second-order valence-corrected chi connectivity index (χ2v) is 95.2. The summed E-state index contributed by atoms with van der Waals surface area (Å²) in [6.07, 6.45) is 15.3. The van der Waals surface area contributed by atoms with Crippen LogP contribution >= 0.6 is 162 Å². The molecule has 32 heteroatoms. The van der Waals surface area contributed by atoms with Crippen molar-refractivity contribution in [2.75, 3.05) is 86.8 Å². The number of hydrogen-bond acceptors (Lipinski definition) is 19. The molecule has 0 aromatic heterocycles. The Bertz CT molecular complexity index is 3840. The van der Waals surface area contributed by atoms with Gasteiger partial charge < -0.3 is 39.8 Å². The Balaban J connectivity index is -0.000000487. The summed E-state index contributed by atoms with van der Waals surface area (Å²) in [5.74, 6) is -0.900. The van der Waals surface area contributed by atoms with Gasteiger partial charge in [0.15, 0.2) is 0 Å². The molecule has 6 aromatic rings. The van der Waals surface area contributed by atoms with E-state index in [1.54, 1.807) is 9.80 Å². The normalized spacial score (nSPS) is 16.9. The molecule has 0 radical (unpaired) electrons. The maximum Gasteiger partial charge on any atom is 0.373 e. The fourth-order valence-electron chi connectivity index (χ4n) is 15.8.